The lowest BCUT2D eigenvalue weighted by atomic mass is 10.2. The molecule has 0 bridgehead atoms. The van der Waals surface area contributed by atoms with Gasteiger partial charge >= 0.3 is 12.1 Å². The van der Waals surface area contributed by atoms with E-state index in [1.54, 1.807) is 0 Å². The number of carbonyl (C=O) groups excluding carboxylic acids is 1. The number of amides is 1. The van der Waals surface area contributed by atoms with Gasteiger partial charge in [0.05, 0.1) is 0 Å². The predicted molar refractivity (Wildman–Crippen MR) is 64.0 cm³/mol. The molecule has 18 heavy (non-hydrogen) atoms. The van der Waals surface area contributed by atoms with Crippen LogP contribution in [0.25, 0.3) is 0 Å². The molecule has 1 atom stereocenters. The van der Waals surface area contributed by atoms with Gasteiger partial charge in [0, 0.05) is 6.54 Å². The third-order valence-electron chi connectivity index (χ3n) is 2.99. The van der Waals surface area contributed by atoms with Crippen LogP contribution in [0.1, 0.15) is 18.4 Å². The smallest absolute Gasteiger partial charge is 0.408 e. The number of hydrogen-bond donors (Lipinski definition) is 1. The fourth-order valence-electron chi connectivity index (χ4n) is 2.07. The van der Waals surface area contributed by atoms with Crippen LogP contribution in [-0.4, -0.2) is 34.7 Å². The summed E-state index contributed by atoms with van der Waals surface area (Å²) < 4.78 is 5.15. The number of carbonyl (C=O) groups is 2. The first-order valence-corrected chi connectivity index (χ1v) is 5.88. The summed E-state index contributed by atoms with van der Waals surface area (Å²) in [6.07, 6.45) is 0.186. The number of carboxylic acid groups (broad SMARTS) is 1. The number of esters is 1. The molecule has 0 saturated carbocycles. The average Bonchev–Trinajstić information content (AvgIpc) is 2.86. The molecule has 1 saturated heterocycles. The van der Waals surface area contributed by atoms with Gasteiger partial charge in [-0.05, 0) is 18.4 Å². The second-order valence-corrected chi connectivity index (χ2v) is 4.23. The molecular weight excluding hydrogens is 234 g/mol. The van der Waals surface area contributed by atoms with Crippen molar-refractivity contribution in [3.63, 3.8) is 0 Å². The lowest BCUT2D eigenvalue weighted by Gasteiger charge is -2.19. The first-order chi connectivity index (χ1) is 8.68. The van der Waals surface area contributed by atoms with Crippen molar-refractivity contribution in [2.45, 2.75) is 25.5 Å². The van der Waals surface area contributed by atoms with Gasteiger partial charge in [0.2, 0.25) is 0 Å². The Morgan fingerprint density at radius 2 is 2.06 bits per heavy atom. The topological polar surface area (TPSA) is 66.8 Å². The first-order valence-electron chi connectivity index (χ1n) is 5.88. The average molecular weight is 249 g/mol. The summed E-state index contributed by atoms with van der Waals surface area (Å²) in [6.45, 7) is 0.587. The van der Waals surface area contributed by atoms with E-state index in [1.165, 1.54) is 0 Å². The Balaban J connectivity index is 1.90. The van der Waals surface area contributed by atoms with Crippen molar-refractivity contribution < 1.29 is 19.4 Å². The van der Waals surface area contributed by atoms with Crippen LogP contribution in [0.2, 0.25) is 0 Å². The Hall–Kier alpha value is -2.04. The molecule has 1 unspecified atom stereocenters. The molecule has 1 heterocycles. The van der Waals surface area contributed by atoms with E-state index in [0.717, 1.165) is 10.5 Å². The Bertz CT molecular complexity index is 432. The summed E-state index contributed by atoms with van der Waals surface area (Å²) in [5.41, 5.74) is 0.894. The quantitative estimate of drug-likeness (QED) is 0.830. The minimum Gasteiger partial charge on any atom is -0.465 e. The van der Waals surface area contributed by atoms with E-state index in [4.69, 9.17) is 9.84 Å². The molecule has 5 nitrogen and oxygen atoms in total. The molecule has 0 radical (unpaired) electrons. The lowest BCUT2D eigenvalue weighted by molar-refractivity contribution is -0.149. The third kappa shape index (κ3) is 2.80. The summed E-state index contributed by atoms with van der Waals surface area (Å²) in [4.78, 5) is 23.9. The van der Waals surface area contributed by atoms with Crippen molar-refractivity contribution in [2.24, 2.45) is 0 Å². The van der Waals surface area contributed by atoms with Crippen LogP contribution >= 0.6 is 0 Å². The van der Waals surface area contributed by atoms with Crippen molar-refractivity contribution in [3.05, 3.63) is 35.9 Å². The molecule has 2 rings (SSSR count). The normalized spacial score (nSPS) is 18.7. The van der Waals surface area contributed by atoms with Crippen LogP contribution in [0, 0.1) is 0 Å². The van der Waals surface area contributed by atoms with Gasteiger partial charge < -0.3 is 9.84 Å². The largest absolute Gasteiger partial charge is 0.465 e. The van der Waals surface area contributed by atoms with Gasteiger partial charge in [-0.2, -0.15) is 0 Å². The first kappa shape index (κ1) is 12.4. The van der Waals surface area contributed by atoms with E-state index in [2.05, 4.69) is 0 Å². The molecule has 1 fully saturated rings. The van der Waals surface area contributed by atoms with Crippen LogP contribution in [0.15, 0.2) is 30.3 Å². The Morgan fingerprint density at radius 1 is 1.33 bits per heavy atom. The van der Waals surface area contributed by atoms with Gasteiger partial charge in [0.25, 0.3) is 0 Å². The number of nitrogens with zero attached hydrogens (tertiary/aromatic N) is 1. The van der Waals surface area contributed by atoms with Crippen molar-refractivity contribution in [3.8, 4) is 0 Å². The van der Waals surface area contributed by atoms with E-state index >= 15 is 0 Å². The van der Waals surface area contributed by atoms with Crippen molar-refractivity contribution in [1.82, 2.24) is 4.90 Å². The lowest BCUT2D eigenvalue weighted by Crippen LogP contribution is -2.40. The minimum absolute atomic E-state index is 0.184. The van der Waals surface area contributed by atoms with Crippen molar-refractivity contribution >= 4 is 12.1 Å². The highest BCUT2D eigenvalue weighted by Crippen LogP contribution is 2.19. The van der Waals surface area contributed by atoms with Gasteiger partial charge in [-0.15, -0.1) is 0 Å². The number of ether oxygens (including phenoxy) is 1. The van der Waals surface area contributed by atoms with Gasteiger partial charge in [0.15, 0.2) is 0 Å². The molecule has 96 valence electrons. The Labute approximate surface area is 105 Å². The van der Waals surface area contributed by atoms with Crippen LogP contribution in [0.5, 0.6) is 0 Å². The van der Waals surface area contributed by atoms with Crippen molar-refractivity contribution in [2.75, 3.05) is 6.54 Å². The number of likely N-dealkylation sites (tertiary alicyclic amines) is 1. The highest BCUT2D eigenvalue weighted by molar-refractivity contribution is 5.81. The molecule has 1 aromatic rings. The maximum absolute atomic E-state index is 11.8. The fourth-order valence-corrected chi connectivity index (χ4v) is 2.07. The van der Waals surface area contributed by atoms with E-state index in [0.29, 0.717) is 19.4 Å². The van der Waals surface area contributed by atoms with Crippen LogP contribution in [-0.2, 0) is 16.1 Å². The summed E-state index contributed by atoms with van der Waals surface area (Å²) in [5, 5.41) is 8.94. The number of hydrogen-bond acceptors (Lipinski definition) is 3. The number of rotatable bonds is 3. The van der Waals surface area contributed by atoms with Crippen LogP contribution in [0.3, 0.4) is 0 Å². The molecule has 0 aliphatic carbocycles. The van der Waals surface area contributed by atoms with E-state index < -0.39 is 18.1 Å². The SMILES string of the molecule is O=C(OCc1ccccc1)C1CCCN1C(=O)O. The summed E-state index contributed by atoms with van der Waals surface area (Å²) >= 11 is 0. The molecule has 1 N–H and O–H groups in total. The maximum atomic E-state index is 11.8. The van der Waals surface area contributed by atoms with Crippen molar-refractivity contribution in [1.29, 1.82) is 0 Å². The number of benzene rings is 1. The summed E-state index contributed by atoms with van der Waals surface area (Å²) in [5.74, 6) is -0.459. The molecule has 0 aromatic heterocycles. The molecule has 5 heteroatoms. The summed E-state index contributed by atoms with van der Waals surface area (Å²) in [6, 6.07) is 8.68. The molecule has 1 aliphatic heterocycles. The van der Waals surface area contributed by atoms with Crippen LogP contribution in [0.4, 0.5) is 4.79 Å². The molecule has 1 aromatic carbocycles. The second-order valence-electron chi connectivity index (χ2n) is 4.23. The zero-order valence-corrected chi connectivity index (χ0v) is 9.91. The standard InChI is InChI=1S/C13H15NO4/c15-12(11-7-4-8-14(11)13(16)17)18-9-10-5-2-1-3-6-10/h1-3,5-6,11H,4,7-9H2,(H,16,17). The minimum atomic E-state index is -1.06. The molecular formula is C13H15NO4. The van der Waals surface area contributed by atoms with Gasteiger partial charge in [-0.3, -0.25) is 4.90 Å². The van der Waals surface area contributed by atoms with E-state index in [1.807, 2.05) is 30.3 Å². The van der Waals surface area contributed by atoms with E-state index in [9.17, 15) is 9.59 Å². The molecule has 0 spiro atoms. The molecule has 1 amide bonds. The Morgan fingerprint density at radius 3 is 2.72 bits per heavy atom. The summed E-state index contributed by atoms with van der Waals surface area (Å²) in [7, 11) is 0. The Kier molecular flexibility index (Phi) is 3.82. The maximum Gasteiger partial charge on any atom is 0.408 e. The van der Waals surface area contributed by atoms with E-state index in [-0.39, 0.29) is 6.61 Å². The van der Waals surface area contributed by atoms with Gasteiger partial charge in [-0.1, -0.05) is 30.3 Å². The van der Waals surface area contributed by atoms with Gasteiger partial charge in [0.1, 0.15) is 12.6 Å². The molecule has 1 aliphatic rings. The monoisotopic (exact) mass is 249 g/mol. The zero-order valence-electron chi connectivity index (χ0n) is 9.91. The third-order valence-corrected chi connectivity index (χ3v) is 2.99. The van der Waals surface area contributed by atoms with Gasteiger partial charge in [-0.25, -0.2) is 9.59 Å². The predicted octanol–water partition coefficient (Wildman–Crippen LogP) is 1.87. The fraction of sp³-hybridized carbons (Fsp3) is 0.385. The van der Waals surface area contributed by atoms with Crippen LogP contribution < -0.4 is 0 Å². The highest BCUT2D eigenvalue weighted by Gasteiger charge is 2.35. The zero-order chi connectivity index (χ0) is 13.0. The second kappa shape index (κ2) is 5.53. The highest BCUT2D eigenvalue weighted by atomic mass is 16.5.